The number of anilines is 12. The summed E-state index contributed by atoms with van der Waals surface area (Å²) < 4.78 is 9.44. The van der Waals surface area contributed by atoms with Crippen molar-refractivity contribution in [1.29, 1.82) is 0 Å². The van der Waals surface area contributed by atoms with E-state index in [1.54, 1.807) is 0 Å². The molecule has 0 unspecified atom stereocenters. The molecule has 0 N–H and O–H groups in total. The van der Waals surface area contributed by atoms with E-state index in [1.165, 1.54) is 64.5 Å². The lowest BCUT2D eigenvalue weighted by molar-refractivity contribution is 0.332. The van der Waals surface area contributed by atoms with Crippen molar-refractivity contribution in [3.8, 4) is 22.3 Å². The van der Waals surface area contributed by atoms with E-state index >= 15 is 0 Å². The fraction of sp³-hybridized carbons (Fsp3) is 0.133. The molecular formula is C90H73BN4OS. The molecule has 0 amide bonds. The van der Waals surface area contributed by atoms with Crippen LogP contribution in [0, 0.1) is 0 Å². The van der Waals surface area contributed by atoms with E-state index in [9.17, 15) is 0 Å². The number of hydrogen-bond donors (Lipinski definition) is 0. The molecule has 13 aromatic carbocycles. The number of para-hydroxylation sites is 4. The summed E-state index contributed by atoms with van der Waals surface area (Å²) in [4.78, 5) is 10.2. The van der Waals surface area contributed by atoms with E-state index in [4.69, 9.17) is 4.42 Å². The zero-order valence-corrected chi connectivity index (χ0v) is 56.6. The first-order chi connectivity index (χ1) is 47.2. The van der Waals surface area contributed by atoms with Crippen molar-refractivity contribution in [3.63, 3.8) is 0 Å². The zero-order chi connectivity index (χ0) is 65.5. The number of nitrogens with zero attached hydrogens (tertiary/aromatic N) is 4. The summed E-state index contributed by atoms with van der Waals surface area (Å²) >= 11 is 1.85. The topological polar surface area (TPSA) is 26.1 Å². The first-order valence-electron chi connectivity index (χ1n) is 34.2. The Hall–Kier alpha value is -10.9. The van der Waals surface area contributed by atoms with Crippen LogP contribution in [0.25, 0.3) is 64.4 Å². The minimum absolute atomic E-state index is 0.0571. The normalized spacial score (nSPS) is 14.4. The van der Waals surface area contributed by atoms with Gasteiger partial charge in [-0.25, -0.2) is 0 Å². The third kappa shape index (κ3) is 9.56. The monoisotopic (exact) mass is 1270 g/mol. The van der Waals surface area contributed by atoms with Crippen molar-refractivity contribution >= 4 is 145 Å². The van der Waals surface area contributed by atoms with Gasteiger partial charge in [0.05, 0.1) is 11.4 Å². The Morgan fingerprint density at radius 3 is 1.51 bits per heavy atom. The second kappa shape index (κ2) is 22.4. The first kappa shape index (κ1) is 58.7. The predicted octanol–water partition coefficient (Wildman–Crippen LogP) is 24.0. The van der Waals surface area contributed by atoms with Crippen LogP contribution < -0.4 is 36.0 Å². The molecule has 0 spiro atoms. The van der Waals surface area contributed by atoms with Crippen LogP contribution in [0.1, 0.15) is 78.0 Å². The van der Waals surface area contributed by atoms with Crippen LogP contribution in [0.3, 0.4) is 0 Å². The second-order valence-corrected chi connectivity index (χ2v) is 30.2. The van der Waals surface area contributed by atoms with Gasteiger partial charge in [0.25, 0.3) is 6.71 Å². The summed E-state index contributed by atoms with van der Waals surface area (Å²) in [6.07, 6.45) is 2.16. The van der Waals surface area contributed by atoms with Crippen molar-refractivity contribution in [2.24, 2.45) is 0 Å². The molecule has 1 aliphatic carbocycles. The van der Waals surface area contributed by atoms with Gasteiger partial charge in [0, 0.05) is 93.4 Å². The third-order valence-corrected chi connectivity index (χ3v) is 22.3. The van der Waals surface area contributed by atoms with Gasteiger partial charge in [-0.15, -0.1) is 11.3 Å². The molecule has 468 valence electrons. The Labute approximate surface area is 572 Å². The molecule has 0 fully saturated rings. The maximum Gasteiger partial charge on any atom is 0.252 e. The lowest BCUT2D eigenvalue weighted by Gasteiger charge is -2.48. The quantitative estimate of drug-likeness (QED) is 0.127. The third-order valence-electron chi connectivity index (χ3n) is 21.2. The molecule has 0 bridgehead atoms. The molecule has 0 atom stereocenters. The van der Waals surface area contributed by atoms with Crippen LogP contribution in [0.2, 0.25) is 0 Å². The molecule has 5 nitrogen and oxygen atoms in total. The number of thiophene rings is 1. The molecule has 0 saturated carbocycles. The highest BCUT2D eigenvalue weighted by Crippen LogP contribution is 2.56. The van der Waals surface area contributed by atoms with Gasteiger partial charge in [-0.05, 0) is 212 Å². The molecule has 18 rings (SSSR count). The van der Waals surface area contributed by atoms with Crippen molar-refractivity contribution in [3.05, 3.63) is 308 Å². The van der Waals surface area contributed by atoms with Gasteiger partial charge < -0.3 is 24.0 Å². The summed E-state index contributed by atoms with van der Waals surface area (Å²) in [6.45, 7) is 16.7. The molecule has 0 radical (unpaired) electrons. The van der Waals surface area contributed by atoms with Crippen LogP contribution in [-0.4, -0.2) is 6.71 Å². The summed E-state index contributed by atoms with van der Waals surface area (Å²) in [6, 6.07) is 109. The van der Waals surface area contributed by atoms with Gasteiger partial charge in [-0.1, -0.05) is 206 Å². The lowest BCUT2D eigenvalue weighted by Crippen LogP contribution is -2.61. The van der Waals surface area contributed by atoms with Crippen molar-refractivity contribution in [2.45, 2.75) is 77.6 Å². The molecule has 15 aromatic rings. The van der Waals surface area contributed by atoms with Gasteiger partial charge in [0.2, 0.25) is 0 Å². The lowest BCUT2D eigenvalue weighted by atomic mass is 9.33. The average molecular weight is 1270 g/mol. The number of benzene rings is 13. The Balaban J connectivity index is 0.994. The number of furan rings is 1. The Bertz CT molecular complexity index is 5520. The van der Waals surface area contributed by atoms with Crippen molar-refractivity contribution in [1.82, 2.24) is 0 Å². The van der Waals surface area contributed by atoms with Gasteiger partial charge in [0.15, 0.2) is 0 Å². The van der Waals surface area contributed by atoms with E-state index in [1.807, 2.05) is 11.3 Å². The fourth-order valence-electron chi connectivity index (χ4n) is 16.3. The van der Waals surface area contributed by atoms with E-state index in [0.717, 1.165) is 114 Å². The van der Waals surface area contributed by atoms with Gasteiger partial charge in [0.1, 0.15) is 11.2 Å². The van der Waals surface area contributed by atoms with Crippen molar-refractivity contribution < 1.29 is 4.42 Å². The van der Waals surface area contributed by atoms with Gasteiger partial charge in [-0.3, -0.25) is 0 Å². The number of rotatable bonds is 10. The average Bonchev–Trinajstić information content (AvgIpc) is 1.20. The SMILES string of the molecule is CC(C)(C)c1ccc(N2c3cc(N(c4ccccc4)c4ccccc4)ccc3B3c4ccc(N(c5ccccc5)c5ccccc5)cc4N(c4cccc5c4C(C)(C)CCC5(C)C)c4cc(-c5ccc6oc7ccc8sc9ccccc9c8c7c6c5)cc2c43)c(-c2ccccc2)c1. The maximum atomic E-state index is 6.90. The summed E-state index contributed by atoms with van der Waals surface area (Å²) in [5, 5.41) is 4.78. The van der Waals surface area contributed by atoms with Crippen LogP contribution in [-0.2, 0) is 16.2 Å². The molecule has 7 heteroatoms. The zero-order valence-electron chi connectivity index (χ0n) is 55.8. The molecular weight excluding hydrogens is 1200 g/mol. The minimum Gasteiger partial charge on any atom is -0.456 e. The Morgan fingerprint density at radius 1 is 0.381 bits per heavy atom. The summed E-state index contributed by atoms with van der Waals surface area (Å²) in [5.74, 6) is 0. The second-order valence-electron chi connectivity index (χ2n) is 29.1. The highest BCUT2D eigenvalue weighted by molar-refractivity contribution is 7.26. The van der Waals surface area contributed by atoms with E-state index in [-0.39, 0.29) is 23.0 Å². The largest absolute Gasteiger partial charge is 0.456 e. The number of hydrogen-bond acceptors (Lipinski definition) is 6. The fourth-order valence-corrected chi connectivity index (χ4v) is 17.4. The highest BCUT2D eigenvalue weighted by atomic mass is 32.1. The highest BCUT2D eigenvalue weighted by Gasteiger charge is 2.47. The number of fused-ring (bicyclic) bond motifs is 12. The molecule has 0 saturated heterocycles. The van der Waals surface area contributed by atoms with E-state index < -0.39 is 0 Å². The molecule has 97 heavy (non-hydrogen) atoms. The Kier molecular flexibility index (Phi) is 13.5. The van der Waals surface area contributed by atoms with E-state index in [2.05, 4.69) is 359 Å². The maximum absolute atomic E-state index is 6.90. The van der Waals surface area contributed by atoms with Crippen LogP contribution >= 0.6 is 11.3 Å². The molecule has 2 aromatic heterocycles. The minimum atomic E-state index is -0.207. The van der Waals surface area contributed by atoms with Gasteiger partial charge in [-0.2, -0.15) is 0 Å². The van der Waals surface area contributed by atoms with Crippen LogP contribution in [0.5, 0.6) is 0 Å². The molecule has 2 aliphatic heterocycles. The van der Waals surface area contributed by atoms with Crippen molar-refractivity contribution in [2.75, 3.05) is 19.6 Å². The van der Waals surface area contributed by atoms with Crippen LogP contribution in [0.15, 0.2) is 296 Å². The predicted molar refractivity (Wildman–Crippen MR) is 415 cm³/mol. The Morgan fingerprint density at radius 2 is 0.918 bits per heavy atom. The summed E-state index contributed by atoms with van der Waals surface area (Å²) in [7, 11) is 0. The van der Waals surface area contributed by atoms with E-state index in [0.29, 0.717) is 0 Å². The summed E-state index contributed by atoms with van der Waals surface area (Å²) in [5.41, 5.74) is 27.2. The molecule has 3 aliphatic rings. The molecule has 4 heterocycles. The van der Waals surface area contributed by atoms with Crippen LogP contribution in [0.4, 0.5) is 68.2 Å². The first-order valence-corrected chi connectivity index (χ1v) is 35.0. The van der Waals surface area contributed by atoms with Gasteiger partial charge >= 0.3 is 0 Å². The smallest absolute Gasteiger partial charge is 0.252 e. The standard InChI is InChI=1S/C90H73BN4OS/c1-88(2,3)61-41-46-74(69(55-61)58-26-13-8-14-27-58)94-76-56-66(92(62-28-15-9-16-29-62)63-30-17-10-18-31-63)42-44-72(76)91-73-45-43-67(93(64-32-19-11-20-33-64)65-34-21-12-22-35-65)57-77(73)95(75-38-25-37-71-86(75)90(6,7)51-50-89(71,4)5)79-54-60(53-78(94)87(79)91)59-40-47-80-70(52-59)84-81(96-80)48-49-83-85(84)68-36-23-24-39-82(68)97-83/h8-49,52-57H,50-51H2,1-7H3.